The zero-order valence-electron chi connectivity index (χ0n) is 13.4. The van der Waals surface area contributed by atoms with Crippen molar-refractivity contribution in [1.82, 2.24) is 4.90 Å². The predicted molar refractivity (Wildman–Crippen MR) is 91.6 cm³/mol. The van der Waals surface area contributed by atoms with E-state index in [1.54, 1.807) is 13.1 Å². The lowest BCUT2D eigenvalue weighted by Gasteiger charge is -2.17. The van der Waals surface area contributed by atoms with Crippen molar-refractivity contribution in [2.24, 2.45) is 0 Å². The van der Waals surface area contributed by atoms with Crippen LogP contribution in [0.1, 0.15) is 16.7 Å². The zero-order chi connectivity index (χ0) is 16.9. The number of hydrogen-bond acceptors (Lipinski definition) is 3. The third-order valence-electron chi connectivity index (χ3n) is 3.50. The van der Waals surface area contributed by atoms with Crippen LogP contribution in [0.5, 0.6) is 0 Å². The van der Waals surface area contributed by atoms with Crippen LogP contribution in [0.4, 0.5) is 0 Å². The van der Waals surface area contributed by atoms with Crippen LogP contribution in [0, 0.1) is 6.92 Å². The highest BCUT2D eigenvalue weighted by Crippen LogP contribution is 2.10. The number of benzene rings is 2. The molecule has 0 spiro atoms. The highest BCUT2D eigenvalue weighted by atomic mass is 32.2. The predicted octanol–water partition coefficient (Wildman–Crippen LogP) is 2.57. The molecular formula is C18H21NO3S. The van der Waals surface area contributed by atoms with E-state index in [1.807, 2.05) is 55.5 Å². The Labute approximate surface area is 137 Å². The summed E-state index contributed by atoms with van der Waals surface area (Å²) in [6.07, 6.45) is 0. The van der Waals surface area contributed by atoms with E-state index in [4.69, 9.17) is 0 Å². The summed E-state index contributed by atoms with van der Waals surface area (Å²) in [6, 6.07) is 16.8. The third-order valence-corrected chi connectivity index (χ3v) is 4.96. The number of amides is 1. The molecule has 2 aromatic rings. The maximum atomic E-state index is 12.2. The first-order valence-corrected chi connectivity index (χ1v) is 9.22. The number of carbonyl (C=O) groups excluding carboxylic acids is 1. The summed E-state index contributed by atoms with van der Waals surface area (Å²) in [6.45, 7) is 2.31. The molecule has 0 fully saturated rings. The molecule has 0 heterocycles. The van der Waals surface area contributed by atoms with Crippen LogP contribution in [-0.2, 0) is 26.9 Å². The van der Waals surface area contributed by atoms with Crippen LogP contribution in [-0.4, -0.2) is 32.0 Å². The van der Waals surface area contributed by atoms with E-state index in [9.17, 15) is 13.2 Å². The highest BCUT2D eigenvalue weighted by molar-refractivity contribution is 7.91. The SMILES string of the molecule is Cc1cccc(CS(=O)(=O)CC(=O)N(C)Cc2ccccc2)c1. The molecular weight excluding hydrogens is 310 g/mol. The molecule has 0 saturated carbocycles. The molecule has 5 heteroatoms. The van der Waals surface area contributed by atoms with Crippen molar-refractivity contribution in [3.8, 4) is 0 Å². The summed E-state index contributed by atoms with van der Waals surface area (Å²) in [7, 11) is -1.86. The summed E-state index contributed by atoms with van der Waals surface area (Å²) in [4.78, 5) is 13.6. The number of sulfone groups is 1. The van der Waals surface area contributed by atoms with Crippen molar-refractivity contribution in [3.63, 3.8) is 0 Å². The molecule has 0 aromatic heterocycles. The molecule has 0 N–H and O–H groups in total. The van der Waals surface area contributed by atoms with Crippen LogP contribution in [0.2, 0.25) is 0 Å². The lowest BCUT2D eigenvalue weighted by molar-refractivity contribution is -0.127. The molecule has 0 bridgehead atoms. The number of hydrogen-bond donors (Lipinski definition) is 0. The topological polar surface area (TPSA) is 54.5 Å². The number of aryl methyl sites for hydroxylation is 1. The molecule has 2 aromatic carbocycles. The minimum absolute atomic E-state index is 0.112. The first-order chi connectivity index (χ1) is 10.9. The Morgan fingerprint density at radius 3 is 2.30 bits per heavy atom. The Morgan fingerprint density at radius 2 is 1.65 bits per heavy atom. The van der Waals surface area contributed by atoms with Gasteiger partial charge in [-0.15, -0.1) is 0 Å². The quantitative estimate of drug-likeness (QED) is 0.817. The second-order valence-electron chi connectivity index (χ2n) is 5.76. The Kier molecular flexibility index (Phi) is 5.55. The first-order valence-electron chi connectivity index (χ1n) is 7.39. The van der Waals surface area contributed by atoms with Crippen LogP contribution < -0.4 is 0 Å². The largest absolute Gasteiger partial charge is 0.341 e. The van der Waals surface area contributed by atoms with Crippen molar-refractivity contribution < 1.29 is 13.2 Å². The number of nitrogens with zero attached hydrogens (tertiary/aromatic N) is 1. The minimum Gasteiger partial charge on any atom is -0.341 e. The Hall–Kier alpha value is -2.14. The van der Waals surface area contributed by atoms with Crippen molar-refractivity contribution in [1.29, 1.82) is 0 Å². The van der Waals surface area contributed by atoms with Crippen molar-refractivity contribution in [3.05, 3.63) is 71.3 Å². The molecule has 23 heavy (non-hydrogen) atoms. The van der Waals surface area contributed by atoms with E-state index < -0.39 is 15.6 Å². The van der Waals surface area contributed by atoms with Crippen molar-refractivity contribution in [2.75, 3.05) is 12.8 Å². The monoisotopic (exact) mass is 331 g/mol. The van der Waals surface area contributed by atoms with E-state index in [0.29, 0.717) is 12.1 Å². The van der Waals surface area contributed by atoms with Crippen molar-refractivity contribution >= 4 is 15.7 Å². The van der Waals surface area contributed by atoms with Crippen LogP contribution in [0.25, 0.3) is 0 Å². The van der Waals surface area contributed by atoms with E-state index in [-0.39, 0.29) is 11.7 Å². The molecule has 0 aliphatic heterocycles. The lowest BCUT2D eigenvalue weighted by Crippen LogP contribution is -2.32. The molecule has 0 aliphatic carbocycles. The van der Waals surface area contributed by atoms with Gasteiger partial charge in [-0.25, -0.2) is 8.42 Å². The van der Waals surface area contributed by atoms with E-state index in [0.717, 1.165) is 11.1 Å². The second kappa shape index (κ2) is 7.42. The standard InChI is InChI=1S/C18H21NO3S/c1-15-7-6-10-17(11-15)13-23(21,22)14-18(20)19(2)12-16-8-4-3-5-9-16/h3-11H,12-14H2,1-2H3. The number of carbonyl (C=O) groups is 1. The summed E-state index contributed by atoms with van der Waals surface area (Å²) in [5.41, 5.74) is 2.69. The van der Waals surface area contributed by atoms with Crippen LogP contribution in [0.3, 0.4) is 0 Å². The van der Waals surface area contributed by atoms with Gasteiger partial charge in [0, 0.05) is 13.6 Å². The summed E-state index contributed by atoms with van der Waals surface area (Å²) < 4.78 is 24.5. The normalized spacial score (nSPS) is 11.2. The number of rotatable bonds is 6. The minimum atomic E-state index is -3.48. The van der Waals surface area contributed by atoms with Gasteiger partial charge in [0.1, 0.15) is 5.75 Å². The van der Waals surface area contributed by atoms with Gasteiger partial charge in [-0.05, 0) is 18.1 Å². The maximum absolute atomic E-state index is 12.2. The summed E-state index contributed by atoms with van der Waals surface area (Å²) in [5, 5.41) is 0. The van der Waals surface area contributed by atoms with Gasteiger partial charge < -0.3 is 4.90 Å². The zero-order valence-corrected chi connectivity index (χ0v) is 14.2. The fourth-order valence-electron chi connectivity index (χ4n) is 2.35. The van der Waals surface area contributed by atoms with Gasteiger partial charge in [0.15, 0.2) is 9.84 Å². The summed E-state index contributed by atoms with van der Waals surface area (Å²) >= 11 is 0. The first kappa shape index (κ1) is 17.2. The molecule has 0 saturated heterocycles. The van der Waals surface area contributed by atoms with E-state index in [1.165, 1.54) is 4.90 Å². The van der Waals surface area contributed by atoms with E-state index >= 15 is 0 Å². The molecule has 0 unspecified atom stereocenters. The van der Waals surface area contributed by atoms with Gasteiger partial charge >= 0.3 is 0 Å². The van der Waals surface area contributed by atoms with Gasteiger partial charge in [-0.1, -0.05) is 60.2 Å². The molecule has 0 radical (unpaired) electrons. The van der Waals surface area contributed by atoms with Gasteiger partial charge in [0.2, 0.25) is 5.91 Å². The molecule has 1 amide bonds. The van der Waals surface area contributed by atoms with Crippen molar-refractivity contribution in [2.45, 2.75) is 19.2 Å². The lowest BCUT2D eigenvalue weighted by atomic mass is 10.2. The fraction of sp³-hybridized carbons (Fsp3) is 0.278. The molecule has 0 aliphatic rings. The smallest absolute Gasteiger partial charge is 0.237 e. The summed E-state index contributed by atoms with van der Waals surface area (Å²) in [5.74, 6) is -0.967. The average molecular weight is 331 g/mol. The molecule has 2 rings (SSSR count). The van der Waals surface area contributed by atoms with Crippen LogP contribution >= 0.6 is 0 Å². The average Bonchev–Trinajstić information content (AvgIpc) is 2.47. The van der Waals surface area contributed by atoms with Gasteiger partial charge in [0.05, 0.1) is 5.75 Å². The third kappa shape index (κ3) is 5.53. The highest BCUT2D eigenvalue weighted by Gasteiger charge is 2.20. The Bertz CT molecular complexity index is 770. The van der Waals surface area contributed by atoms with Gasteiger partial charge in [-0.2, -0.15) is 0 Å². The van der Waals surface area contributed by atoms with Gasteiger partial charge in [0.25, 0.3) is 0 Å². The van der Waals surface area contributed by atoms with E-state index in [2.05, 4.69) is 0 Å². The maximum Gasteiger partial charge on any atom is 0.237 e. The van der Waals surface area contributed by atoms with Crippen LogP contribution in [0.15, 0.2) is 54.6 Å². The Morgan fingerprint density at radius 1 is 1.00 bits per heavy atom. The molecule has 4 nitrogen and oxygen atoms in total. The fourth-order valence-corrected chi connectivity index (χ4v) is 3.74. The molecule has 0 atom stereocenters. The Balaban J connectivity index is 1.97. The molecule has 122 valence electrons. The second-order valence-corrected chi connectivity index (χ2v) is 7.82. The van der Waals surface area contributed by atoms with Gasteiger partial charge in [-0.3, -0.25) is 4.79 Å².